The molecule has 1 fully saturated rings. The summed E-state index contributed by atoms with van der Waals surface area (Å²) >= 11 is 11.7. The molecule has 0 spiro atoms. The van der Waals surface area contributed by atoms with Crippen molar-refractivity contribution in [1.82, 2.24) is 10.0 Å². The van der Waals surface area contributed by atoms with Gasteiger partial charge in [0.05, 0.1) is 10.0 Å². The third-order valence-electron chi connectivity index (χ3n) is 5.01. The van der Waals surface area contributed by atoms with E-state index in [1.54, 1.807) is 0 Å². The second-order valence-corrected chi connectivity index (χ2v) is 9.50. The summed E-state index contributed by atoms with van der Waals surface area (Å²) in [5.74, 6) is -0.420. The van der Waals surface area contributed by atoms with Gasteiger partial charge in [0.1, 0.15) is 11.4 Å². The van der Waals surface area contributed by atoms with Gasteiger partial charge in [0.25, 0.3) is 5.91 Å². The van der Waals surface area contributed by atoms with E-state index in [1.165, 1.54) is 18.2 Å². The Bertz CT molecular complexity index is 811. The highest BCUT2D eigenvalue weighted by Gasteiger charge is 2.28. The zero-order chi connectivity index (χ0) is 20.9. The molecular formula is C18H24Cl2N2O5S. The first kappa shape index (κ1) is 22.9. The summed E-state index contributed by atoms with van der Waals surface area (Å²) in [5.41, 5.74) is 0. The molecule has 1 aromatic carbocycles. The van der Waals surface area contributed by atoms with Crippen molar-refractivity contribution < 1.29 is 22.7 Å². The van der Waals surface area contributed by atoms with E-state index in [0.717, 1.165) is 19.3 Å². The van der Waals surface area contributed by atoms with Crippen molar-refractivity contribution in [2.24, 2.45) is 11.8 Å². The standard InChI is InChI=1S/C18H24Cl2N2O5S/c1-11-5-3-8-15(12(11)2)22-16(23)10-27-17(24)9-21-28(25,26)18-13(19)6-4-7-14(18)20/h4,6-7,11-12,15,21H,3,5,8-10H2,1-2H3,(H,22,23)/t11-,12-,15-/m1/s1. The summed E-state index contributed by atoms with van der Waals surface area (Å²) in [4.78, 5) is 23.5. The van der Waals surface area contributed by atoms with Gasteiger partial charge >= 0.3 is 5.97 Å². The molecule has 0 bridgehead atoms. The number of amides is 1. The van der Waals surface area contributed by atoms with Crippen molar-refractivity contribution in [2.75, 3.05) is 13.2 Å². The topological polar surface area (TPSA) is 102 Å². The molecule has 0 aromatic heterocycles. The van der Waals surface area contributed by atoms with Gasteiger partial charge in [-0.05, 0) is 30.4 Å². The van der Waals surface area contributed by atoms with E-state index < -0.39 is 35.1 Å². The molecule has 0 heterocycles. The van der Waals surface area contributed by atoms with Gasteiger partial charge in [0, 0.05) is 6.04 Å². The lowest BCUT2D eigenvalue weighted by atomic mass is 9.78. The van der Waals surface area contributed by atoms with Crippen LogP contribution in [0.2, 0.25) is 10.0 Å². The van der Waals surface area contributed by atoms with Crippen LogP contribution in [0.1, 0.15) is 33.1 Å². The van der Waals surface area contributed by atoms with Crippen LogP contribution in [0.5, 0.6) is 0 Å². The Morgan fingerprint density at radius 2 is 1.82 bits per heavy atom. The molecule has 7 nitrogen and oxygen atoms in total. The summed E-state index contributed by atoms with van der Waals surface area (Å²) in [5, 5.41) is 2.75. The van der Waals surface area contributed by atoms with E-state index in [-0.39, 0.29) is 21.0 Å². The number of hydrogen-bond acceptors (Lipinski definition) is 5. The molecule has 3 atom stereocenters. The molecule has 28 heavy (non-hydrogen) atoms. The van der Waals surface area contributed by atoms with Crippen LogP contribution >= 0.6 is 23.2 Å². The lowest BCUT2D eigenvalue weighted by molar-refractivity contribution is -0.147. The first-order valence-corrected chi connectivity index (χ1v) is 11.2. The molecule has 0 radical (unpaired) electrons. The number of nitrogens with one attached hydrogen (secondary N) is 2. The predicted octanol–water partition coefficient (Wildman–Crippen LogP) is 2.76. The average molecular weight is 451 g/mol. The van der Waals surface area contributed by atoms with Crippen LogP contribution in [-0.2, 0) is 24.3 Å². The van der Waals surface area contributed by atoms with Gasteiger partial charge in [-0.2, -0.15) is 4.72 Å². The van der Waals surface area contributed by atoms with E-state index in [9.17, 15) is 18.0 Å². The Balaban J connectivity index is 1.82. The molecule has 1 saturated carbocycles. The number of carbonyl (C=O) groups excluding carboxylic acids is 2. The fourth-order valence-corrected chi connectivity index (χ4v) is 5.31. The molecule has 0 saturated heterocycles. The Hall–Kier alpha value is -1.35. The molecule has 10 heteroatoms. The van der Waals surface area contributed by atoms with Crippen LogP contribution in [0.15, 0.2) is 23.1 Å². The van der Waals surface area contributed by atoms with Gasteiger partial charge in [0.15, 0.2) is 6.61 Å². The fourth-order valence-electron chi connectivity index (χ4n) is 3.20. The fraction of sp³-hybridized carbons (Fsp3) is 0.556. The van der Waals surface area contributed by atoms with Gasteiger partial charge in [-0.1, -0.05) is 56.0 Å². The maximum Gasteiger partial charge on any atom is 0.321 e. The quantitative estimate of drug-likeness (QED) is 0.621. The molecular weight excluding hydrogens is 427 g/mol. The van der Waals surface area contributed by atoms with Crippen LogP contribution in [0.3, 0.4) is 0 Å². The molecule has 1 aliphatic rings. The highest BCUT2D eigenvalue weighted by Crippen LogP contribution is 2.30. The Labute approximate surface area is 175 Å². The Morgan fingerprint density at radius 3 is 2.46 bits per heavy atom. The van der Waals surface area contributed by atoms with Gasteiger partial charge in [-0.15, -0.1) is 0 Å². The van der Waals surface area contributed by atoms with Crippen molar-refractivity contribution in [1.29, 1.82) is 0 Å². The third-order valence-corrected chi connectivity index (χ3v) is 7.37. The van der Waals surface area contributed by atoms with Gasteiger partial charge < -0.3 is 10.1 Å². The Morgan fingerprint density at radius 1 is 1.18 bits per heavy atom. The second kappa shape index (κ2) is 9.91. The summed E-state index contributed by atoms with van der Waals surface area (Å²) in [6, 6.07) is 4.30. The number of esters is 1. The van der Waals surface area contributed by atoms with Crippen molar-refractivity contribution in [3.8, 4) is 0 Å². The van der Waals surface area contributed by atoms with Crippen molar-refractivity contribution in [3.63, 3.8) is 0 Å². The number of benzene rings is 1. The normalized spacial score (nSPS) is 22.5. The average Bonchev–Trinajstić information content (AvgIpc) is 2.62. The molecule has 2 rings (SSSR count). The van der Waals surface area contributed by atoms with Crippen LogP contribution in [0.25, 0.3) is 0 Å². The highest BCUT2D eigenvalue weighted by molar-refractivity contribution is 7.89. The number of sulfonamides is 1. The van der Waals surface area contributed by atoms with Crippen LogP contribution < -0.4 is 10.0 Å². The molecule has 0 unspecified atom stereocenters. The summed E-state index contributed by atoms with van der Waals surface area (Å²) in [6.07, 6.45) is 3.07. The number of ether oxygens (including phenoxy) is 1. The summed E-state index contributed by atoms with van der Waals surface area (Å²) in [6.45, 7) is 3.13. The maximum absolute atomic E-state index is 12.3. The van der Waals surface area contributed by atoms with Crippen LogP contribution in [0.4, 0.5) is 0 Å². The lowest BCUT2D eigenvalue weighted by Crippen LogP contribution is -2.45. The number of halogens is 2. The number of rotatable bonds is 7. The first-order chi connectivity index (χ1) is 13.1. The third kappa shape index (κ3) is 6.07. The van der Waals surface area contributed by atoms with Crippen LogP contribution in [-0.4, -0.2) is 39.5 Å². The van der Waals surface area contributed by atoms with Crippen molar-refractivity contribution in [3.05, 3.63) is 28.2 Å². The summed E-state index contributed by atoms with van der Waals surface area (Å²) in [7, 11) is -4.11. The van der Waals surface area contributed by atoms with Gasteiger partial charge in [0.2, 0.25) is 10.0 Å². The molecule has 156 valence electrons. The van der Waals surface area contributed by atoms with Gasteiger partial charge in [-0.25, -0.2) is 8.42 Å². The zero-order valence-corrected chi connectivity index (χ0v) is 18.0. The van der Waals surface area contributed by atoms with E-state index in [1.807, 2.05) is 0 Å². The largest absolute Gasteiger partial charge is 0.455 e. The van der Waals surface area contributed by atoms with Gasteiger partial charge in [-0.3, -0.25) is 9.59 Å². The molecule has 0 aliphatic heterocycles. The molecule has 1 aliphatic carbocycles. The molecule has 1 aromatic rings. The SMILES string of the molecule is C[C@@H]1[C@H](C)CCC[C@H]1NC(=O)COC(=O)CNS(=O)(=O)c1c(Cl)cccc1Cl. The second-order valence-electron chi connectivity index (χ2n) is 6.98. The minimum Gasteiger partial charge on any atom is -0.455 e. The maximum atomic E-state index is 12.3. The zero-order valence-electron chi connectivity index (χ0n) is 15.7. The highest BCUT2D eigenvalue weighted by atomic mass is 35.5. The Kier molecular flexibility index (Phi) is 8.12. The van der Waals surface area contributed by atoms with E-state index in [4.69, 9.17) is 27.9 Å². The first-order valence-electron chi connectivity index (χ1n) is 9.00. The van der Waals surface area contributed by atoms with Crippen molar-refractivity contribution in [2.45, 2.75) is 44.0 Å². The van der Waals surface area contributed by atoms with E-state index in [2.05, 4.69) is 23.9 Å². The molecule has 1 amide bonds. The number of hydrogen-bond donors (Lipinski definition) is 2. The smallest absolute Gasteiger partial charge is 0.321 e. The van der Waals surface area contributed by atoms with Crippen molar-refractivity contribution >= 4 is 45.1 Å². The minimum atomic E-state index is -4.11. The summed E-state index contributed by atoms with van der Waals surface area (Å²) < 4.78 is 31.5. The number of carbonyl (C=O) groups is 2. The van der Waals surface area contributed by atoms with E-state index in [0.29, 0.717) is 11.8 Å². The predicted molar refractivity (Wildman–Crippen MR) is 107 cm³/mol. The molecule has 2 N–H and O–H groups in total. The van der Waals surface area contributed by atoms with E-state index >= 15 is 0 Å². The van der Waals surface area contributed by atoms with Crippen LogP contribution in [0, 0.1) is 11.8 Å². The monoisotopic (exact) mass is 450 g/mol. The lowest BCUT2D eigenvalue weighted by Gasteiger charge is -2.34. The minimum absolute atomic E-state index is 0.0517.